The predicted molar refractivity (Wildman–Crippen MR) is 63.9 cm³/mol. The maximum Gasteiger partial charge on any atom is 0.115 e. The summed E-state index contributed by atoms with van der Waals surface area (Å²) in [4.78, 5) is 0. The quantitative estimate of drug-likeness (QED) is 0.747. The fourth-order valence-electron chi connectivity index (χ4n) is 1.27. The summed E-state index contributed by atoms with van der Waals surface area (Å²) in [6, 6.07) is 5.61. The molecule has 0 saturated carbocycles. The van der Waals surface area contributed by atoms with Gasteiger partial charge in [0.2, 0.25) is 0 Å². The van der Waals surface area contributed by atoms with Gasteiger partial charge >= 0.3 is 0 Å². The first-order valence-electron chi connectivity index (χ1n) is 5.10. The minimum absolute atomic E-state index is 0.366. The fraction of sp³-hybridized carbons (Fsp3) is 0.500. The van der Waals surface area contributed by atoms with Gasteiger partial charge in [0, 0.05) is 5.75 Å². The number of hydrogen-bond donors (Lipinski definition) is 1. The maximum atomic E-state index is 9.24. The molecule has 0 spiro atoms. The van der Waals surface area contributed by atoms with Crippen LogP contribution in [0.5, 0.6) is 5.75 Å². The number of thioether (sulfide) groups is 1. The molecule has 0 aliphatic carbocycles. The molecule has 1 aromatic rings. The smallest absolute Gasteiger partial charge is 0.115 e. The average Bonchev–Trinajstić information content (AvgIpc) is 2.15. The lowest BCUT2D eigenvalue weighted by atomic mass is 10.1. The zero-order chi connectivity index (χ0) is 10.4. The van der Waals surface area contributed by atoms with E-state index in [4.69, 9.17) is 0 Å². The number of phenolic OH excluding ortho intramolecular Hbond substituents is 1. The van der Waals surface area contributed by atoms with Crippen molar-refractivity contribution < 1.29 is 5.11 Å². The molecule has 0 unspecified atom stereocenters. The van der Waals surface area contributed by atoms with E-state index >= 15 is 0 Å². The summed E-state index contributed by atoms with van der Waals surface area (Å²) in [7, 11) is 0. The Morgan fingerprint density at radius 3 is 2.79 bits per heavy atom. The molecule has 0 aliphatic heterocycles. The molecule has 0 amide bonds. The highest BCUT2D eigenvalue weighted by atomic mass is 32.2. The van der Waals surface area contributed by atoms with Gasteiger partial charge in [0.1, 0.15) is 5.75 Å². The highest BCUT2D eigenvalue weighted by Gasteiger charge is 1.99. The van der Waals surface area contributed by atoms with Gasteiger partial charge in [0.05, 0.1) is 0 Å². The number of benzene rings is 1. The zero-order valence-corrected chi connectivity index (χ0v) is 9.73. The fourth-order valence-corrected chi connectivity index (χ4v) is 2.45. The van der Waals surface area contributed by atoms with Crippen LogP contribution in [0.15, 0.2) is 18.2 Å². The van der Waals surface area contributed by atoms with Gasteiger partial charge in [-0.2, -0.15) is 11.8 Å². The number of unbranched alkanes of at least 4 members (excludes halogenated alkanes) is 1. The second-order valence-corrected chi connectivity index (χ2v) is 4.62. The van der Waals surface area contributed by atoms with Gasteiger partial charge in [0.25, 0.3) is 0 Å². The van der Waals surface area contributed by atoms with Crippen molar-refractivity contribution in [2.24, 2.45) is 0 Å². The first-order chi connectivity index (χ1) is 6.74. The molecule has 1 aromatic carbocycles. The molecule has 0 saturated heterocycles. The summed E-state index contributed by atoms with van der Waals surface area (Å²) in [5.74, 6) is 2.66. The summed E-state index contributed by atoms with van der Waals surface area (Å²) in [6.07, 6.45) is 2.56. The molecule has 0 fully saturated rings. The van der Waals surface area contributed by atoms with Crippen LogP contribution in [0.4, 0.5) is 0 Å². The summed E-state index contributed by atoms with van der Waals surface area (Å²) in [5.41, 5.74) is 2.53. The second-order valence-electron chi connectivity index (χ2n) is 3.52. The lowest BCUT2D eigenvalue weighted by Gasteiger charge is -2.05. The monoisotopic (exact) mass is 210 g/mol. The van der Waals surface area contributed by atoms with Crippen molar-refractivity contribution in [2.75, 3.05) is 5.75 Å². The largest absolute Gasteiger partial charge is 0.508 e. The van der Waals surface area contributed by atoms with Crippen molar-refractivity contribution in [1.29, 1.82) is 0 Å². The highest BCUT2D eigenvalue weighted by Crippen LogP contribution is 2.20. The Balaban J connectivity index is 2.42. The van der Waals surface area contributed by atoms with Gasteiger partial charge in [-0.25, -0.2) is 0 Å². The Bertz CT molecular complexity index is 284. The minimum Gasteiger partial charge on any atom is -0.508 e. The van der Waals surface area contributed by atoms with Gasteiger partial charge in [-0.3, -0.25) is 0 Å². The van der Waals surface area contributed by atoms with E-state index in [0.29, 0.717) is 5.75 Å². The molecule has 0 radical (unpaired) electrons. The van der Waals surface area contributed by atoms with Crippen molar-refractivity contribution in [1.82, 2.24) is 0 Å². The number of aromatic hydroxyl groups is 1. The Kier molecular flexibility index (Phi) is 4.88. The first kappa shape index (κ1) is 11.4. The maximum absolute atomic E-state index is 9.24. The van der Waals surface area contributed by atoms with Crippen LogP contribution in [0.2, 0.25) is 0 Å². The Labute approximate surface area is 90.5 Å². The van der Waals surface area contributed by atoms with E-state index in [-0.39, 0.29) is 0 Å². The van der Waals surface area contributed by atoms with E-state index < -0.39 is 0 Å². The van der Waals surface area contributed by atoms with Crippen LogP contribution in [0.25, 0.3) is 0 Å². The van der Waals surface area contributed by atoms with E-state index in [1.165, 1.54) is 29.7 Å². The van der Waals surface area contributed by atoms with Crippen LogP contribution >= 0.6 is 11.8 Å². The van der Waals surface area contributed by atoms with Crippen molar-refractivity contribution >= 4 is 11.8 Å². The predicted octanol–water partition coefficient (Wildman–Crippen LogP) is 3.73. The van der Waals surface area contributed by atoms with Crippen LogP contribution in [-0.4, -0.2) is 10.9 Å². The molecule has 0 bridgehead atoms. The number of rotatable bonds is 5. The Morgan fingerprint density at radius 1 is 1.36 bits per heavy atom. The van der Waals surface area contributed by atoms with Crippen LogP contribution in [-0.2, 0) is 5.75 Å². The summed E-state index contributed by atoms with van der Waals surface area (Å²) >= 11 is 1.97. The number of aryl methyl sites for hydroxylation is 1. The summed E-state index contributed by atoms with van der Waals surface area (Å²) < 4.78 is 0. The molecule has 0 aromatic heterocycles. The van der Waals surface area contributed by atoms with Gasteiger partial charge in [-0.05, 0) is 42.4 Å². The van der Waals surface area contributed by atoms with Crippen molar-refractivity contribution in [3.8, 4) is 5.75 Å². The van der Waals surface area contributed by atoms with E-state index in [0.717, 1.165) is 5.75 Å². The molecule has 14 heavy (non-hydrogen) atoms. The molecule has 1 N–H and O–H groups in total. The molecule has 78 valence electrons. The van der Waals surface area contributed by atoms with Crippen molar-refractivity contribution in [3.05, 3.63) is 29.3 Å². The Hall–Kier alpha value is -0.630. The molecule has 2 heteroatoms. The second kappa shape index (κ2) is 5.97. The van der Waals surface area contributed by atoms with E-state index in [1.807, 2.05) is 23.9 Å². The Morgan fingerprint density at radius 2 is 2.14 bits per heavy atom. The zero-order valence-electron chi connectivity index (χ0n) is 8.92. The van der Waals surface area contributed by atoms with Crippen molar-refractivity contribution in [2.45, 2.75) is 32.4 Å². The normalized spacial score (nSPS) is 10.4. The van der Waals surface area contributed by atoms with Gasteiger partial charge in [0.15, 0.2) is 0 Å². The molecule has 0 aliphatic rings. The lowest BCUT2D eigenvalue weighted by Crippen LogP contribution is -1.87. The first-order valence-corrected chi connectivity index (χ1v) is 6.25. The molecule has 0 atom stereocenters. The van der Waals surface area contributed by atoms with Gasteiger partial charge in [-0.15, -0.1) is 0 Å². The number of hydrogen-bond acceptors (Lipinski definition) is 2. The average molecular weight is 210 g/mol. The number of phenols is 1. The third kappa shape index (κ3) is 3.62. The van der Waals surface area contributed by atoms with Crippen molar-refractivity contribution in [3.63, 3.8) is 0 Å². The van der Waals surface area contributed by atoms with Gasteiger partial charge in [-0.1, -0.05) is 19.4 Å². The minimum atomic E-state index is 0.366. The highest BCUT2D eigenvalue weighted by molar-refractivity contribution is 7.98. The van der Waals surface area contributed by atoms with Crippen LogP contribution < -0.4 is 0 Å². The SMILES string of the molecule is CCCCSCc1ccc(O)cc1C. The van der Waals surface area contributed by atoms with Gasteiger partial charge < -0.3 is 5.11 Å². The lowest BCUT2D eigenvalue weighted by molar-refractivity contribution is 0.474. The molecule has 0 heterocycles. The third-order valence-electron chi connectivity index (χ3n) is 2.23. The van der Waals surface area contributed by atoms with Crippen LogP contribution in [0, 0.1) is 6.92 Å². The van der Waals surface area contributed by atoms with E-state index in [2.05, 4.69) is 13.8 Å². The summed E-state index contributed by atoms with van der Waals surface area (Å²) in [5, 5.41) is 9.24. The third-order valence-corrected chi connectivity index (χ3v) is 3.32. The molecule has 1 nitrogen and oxygen atoms in total. The van der Waals surface area contributed by atoms with Crippen LogP contribution in [0.3, 0.4) is 0 Å². The molecular weight excluding hydrogens is 192 g/mol. The van der Waals surface area contributed by atoms with E-state index in [9.17, 15) is 5.11 Å². The molecule has 1 rings (SSSR count). The topological polar surface area (TPSA) is 20.2 Å². The molecular formula is C12H18OS. The van der Waals surface area contributed by atoms with E-state index in [1.54, 1.807) is 6.07 Å². The standard InChI is InChI=1S/C12H18OS/c1-3-4-7-14-9-11-5-6-12(13)8-10(11)2/h5-6,8,13H,3-4,7,9H2,1-2H3. The summed E-state index contributed by atoms with van der Waals surface area (Å²) in [6.45, 7) is 4.27. The van der Waals surface area contributed by atoms with Crippen LogP contribution in [0.1, 0.15) is 30.9 Å².